The number of rotatable bonds is 6. The van der Waals surface area contributed by atoms with Gasteiger partial charge in [0.15, 0.2) is 0 Å². The van der Waals surface area contributed by atoms with E-state index < -0.39 is 27.8 Å². The lowest BCUT2D eigenvalue weighted by molar-refractivity contribution is -0.117. The third kappa shape index (κ3) is 4.96. The minimum absolute atomic E-state index is 0.0267. The Kier molecular flexibility index (Phi) is 6.65. The first-order valence-electron chi connectivity index (χ1n) is 7.64. The highest BCUT2D eigenvalue weighted by Crippen LogP contribution is 2.26. The molecule has 0 aliphatic rings. The number of carbonyl (C=O) groups excluding carboxylic acids is 1. The highest BCUT2D eigenvalue weighted by Gasteiger charge is 2.31. The van der Waals surface area contributed by atoms with E-state index in [1.807, 2.05) is 0 Å². The average molecular weight is 464 g/mol. The topological polar surface area (TPSA) is 66.5 Å². The number of nitrogens with zero attached hydrogens (tertiary/aromatic N) is 1. The Labute approximate surface area is 165 Å². The molecule has 5 nitrogen and oxygen atoms in total. The molecule has 0 aliphatic heterocycles. The summed E-state index contributed by atoms with van der Waals surface area (Å²) in [5, 5.41) is 2.90. The van der Waals surface area contributed by atoms with Crippen LogP contribution in [0.15, 0.2) is 46.9 Å². The molecule has 1 atom stereocenters. The van der Waals surface area contributed by atoms with Gasteiger partial charge in [0.1, 0.15) is 11.9 Å². The number of nitrogens with one attached hydrogen (secondary N) is 1. The normalized spacial score (nSPS) is 12.5. The third-order valence-electron chi connectivity index (χ3n) is 3.60. The van der Waals surface area contributed by atoms with Crippen LogP contribution in [-0.2, 0) is 14.8 Å². The molecule has 2 aromatic rings. The molecule has 0 spiro atoms. The van der Waals surface area contributed by atoms with E-state index in [0.29, 0.717) is 15.2 Å². The number of sulfonamides is 1. The van der Waals surface area contributed by atoms with Crippen LogP contribution < -0.4 is 9.62 Å². The number of hydrogen-bond acceptors (Lipinski definition) is 3. The van der Waals surface area contributed by atoms with E-state index >= 15 is 0 Å². The quantitative estimate of drug-likeness (QED) is 0.689. The summed E-state index contributed by atoms with van der Waals surface area (Å²) >= 11 is 8.99. The summed E-state index contributed by atoms with van der Waals surface area (Å²) < 4.78 is 40.2. The summed E-state index contributed by atoms with van der Waals surface area (Å²) in [6, 6.07) is 9.24. The summed E-state index contributed by atoms with van der Waals surface area (Å²) in [6.07, 6.45) is 1.21. The maximum absolute atomic E-state index is 14.0. The molecule has 0 heterocycles. The van der Waals surface area contributed by atoms with Gasteiger partial charge >= 0.3 is 0 Å². The molecule has 0 fully saturated rings. The van der Waals surface area contributed by atoms with Gasteiger partial charge in [0.05, 0.1) is 17.6 Å². The number of halogens is 3. The van der Waals surface area contributed by atoms with Crippen molar-refractivity contribution in [2.75, 3.05) is 15.9 Å². The zero-order valence-electron chi connectivity index (χ0n) is 14.0. The lowest BCUT2D eigenvalue weighted by atomic mass is 10.1. The average Bonchev–Trinajstić information content (AvgIpc) is 2.55. The Balaban J connectivity index is 2.38. The zero-order valence-corrected chi connectivity index (χ0v) is 17.2. The fourth-order valence-corrected chi connectivity index (χ4v) is 4.13. The highest BCUT2D eigenvalue weighted by molar-refractivity contribution is 9.10. The monoisotopic (exact) mass is 462 g/mol. The van der Waals surface area contributed by atoms with Crippen molar-refractivity contribution in [1.82, 2.24) is 0 Å². The predicted molar refractivity (Wildman–Crippen MR) is 106 cm³/mol. The van der Waals surface area contributed by atoms with E-state index in [9.17, 15) is 17.6 Å². The van der Waals surface area contributed by atoms with Crippen LogP contribution in [0, 0.1) is 5.82 Å². The molecule has 2 aromatic carbocycles. The van der Waals surface area contributed by atoms with E-state index in [-0.39, 0.29) is 12.1 Å². The molecule has 0 saturated heterocycles. The van der Waals surface area contributed by atoms with Gasteiger partial charge in [-0.3, -0.25) is 9.10 Å². The van der Waals surface area contributed by atoms with Gasteiger partial charge < -0.3 is 5.32 Å². The second kappa shape index (κ2) is 8.37. The van der Waals surface area contributed by atoms with Crippen LogP contribution in [0.25, 0.3) is 0 Å². The Bertz CT molecular complexity index is 907. The molecule has 0 unspecified atom stereocenters. The fourth-order valence-electron chi connectivity index (χ4n) is 2.46. The Morgan fingerprint density at radius 2 is 1.88 bits per heavy atom. The van der Waals surface area contributed by atoms with E-state index in [1.165, 1.54) is 36.4 Å². The number of hydrogen-bond donors (Lipinski definition) is 1. The van der Waals surface area contributed by atoms with Gasteiger partial charge in [0.2, 0.25) is 15.9 Å². The minimum atomic E-state index is -3.77. The molecular formula is C17H17BrClFN2O3S. The first-order valence-corrected chi connectivity index (χ1v) is 10.7. The molecule has 0 saturated carbocycles. The molecule has 26 heavy (non-hydrogen) atoms. The van der Waals surface area contributed by atoms with E-state index in [2.05, 4.69) is 21.2 Å². The number of carbonyl (C=O) groups is 1. The van der Waals surface area contributed by atoms with Gasteiger partial charge in [0.25, 0.3) is 0 Å². The third-order valence-corrected chi connectivity index (χ3v) is 5.52. The molecule has 1 N–H and O–H groups in total. The lowest BCUT2D eigenvalue weighted by Gasteiger charge is -2.30. The van der Waals surface area contributed by atoms with Gasteiger partial charge in [-0.05, 0) is 48.9 Å². The van der Waals surface area contributed by atoms with Crippen molar-refractivity contribution in [3.8, 4) is 0 Å². The molecule has 0 radical (unpaired) electrons. The van der Waals surface area contributed by atoms with Crippen molar-refractivity contribution in [3.63, 3.8) is 0 Å². The van der Waals surface area contributed by atoms with Crippen molar-refractivity contribution in [1.29, 1.82) is 0 Å². The van der Waals surface area contributed by atoms with Gasteiger partial charge in [-0.2, -0.15) is 0 Å². The Morgan fingerprint density at radius 1 is 1.27 bits per heavy atom. The Hall–Kier alpha value is -1.64. The molecule has 0 bridgehead atoms. The smallest absolute Gasteiger partial charge is 0.248 e. The minimum Gasteiger partial charge on any atom is -0.322 e. The first kappa shape index (κ1) is 20.7. The van der Waals surface area contributed by atoms with Crippen LogP contribution in [0.2, 0.25) is 5.02 Å². The molecule has 0 aromatic heterocycles. The van der Waals surface area contributed by atoms with E-state index in [1.54, 1.807) is 13.0 Å². The number of benzene rings is 2. The van der Waals surface area contributed by atoms with Crippen LogP contribution in [0.4, 0.5) is 15.8 Å². The van der Waals surface area contributed by atoms with Gasteiger partial charge in [-0.1, -0.05) is 34.5 Å². The second-order valence-electron chi connectivity index (χ2n) is 5.57. The SMILES string of the molecule is CC[C@@H](C(=O)Nc1ccc(Br)cc1F)N(c1ccc(Cl)cc1)S(C)(=O)=O. The zero-order chi connectivity index (χ0) is 19.5. The van der Waals surface area contributed by atoms with Crippen molar-refractivity contribution in [3.05, 3.63) is 57.8 Å². The van der Waals surface area contributed by atoms with Crippen molar-refractivity contribution in [2.45, 2.75) is 19.4 Å². The Morgan fingerprint density at radius 3 is 2.38 bits per heavy atom. The van der Waals surface area contributed by atoms with Crippen LogP contribution in [0.1, 0.15) is 13.3 Å². The largest absolute Gasteiger partial charge is 0.322 e. The van der Waals surface area contributed by atoms with E-state index in [4.69, 9.17) is 11.6 Å². The van der Waals surface area contributed by atoms with Crippen LogP contribution in [0.3, 0.4) is 0 Å². The van der Waals surface area contributed by atoms with Crippen molar-refractivity contribution in [2.24, 2.45) is 0 Å². The van der Waals surface area contributed by atoms with Crippen molar-refractivity contribution < 1.29 is 17.6 Å². The number of anilines is 2. The number of amides is 1. The van der Waals surface area contributed by atoms with Crippen LogP contribution >= 0.6 is 27.5 Å². The van der Waals surface area contributed by atoms with Crippen LogP contribution in [0.5, 0.6) is 0 Å². The highest BCUT2D eigenvalue weighted by atomic mass is 79.9. The van der Waals surface area contributed by atoms with Gasteiger partial charge in [-0.25, -0.2) is 12.8 Å². The molecule has 140 valence electrons. The molecule has 2 rings (SSSR count). The fraction of sp³-hybridized carbons (Fsp3) is 0.235. The molecule has 9 heteroatoms. The second-order valence-corrected chi connectivity index (χ2v) is 8.78. The van der Waals surface area contributed by atoms with Crippen LogP contribution in [-0.4, -0.2) is 26.6 Å². The summed E-state index contributed by atoms with van der Waals surface area (Å²) in [4.78, 5) is 12.7. The predicted octanol–water partition coefficient (Wildman–Crippen LogP) is 4.42. The van der Waals surface area contributed by atoms with Gasteiger partial charge in [-0.15, -0.1) is 0 Å². The first-order chi connectivity index (χ1) is 12.1. The summed E-state index contributed by atoms with van der Waals surface area (Å²) in [5.41, 5.74) is 0.274. The standard InChI is InChI=1S/C17H17BrClFN2O3S/c1-3-16(17(23)21-15-9-4-11(18)10-14(15)20)22(26(2,24)25)13-7-5-12(19)6-8-13/h4-10,16H,3H2,1-2H3,(H,21,23)/t16-/m0/s1. The van der Waals surface area contributed by atoms with Crippen molar-refractivity contribution >= 4 is 54.8 Å². The lowest BCUT2D eigenvalue weighted by Crippen LogP contribution is -2.47. The molecule has 0 aliphatic carbocycles. The summed E-state index contributed by atoms with van der Waals surface area (Å²) in [6.45, 7) is 1.68. The van der Waals surface area contributed by atoms with E-state index in [0.717, 1.165) is 10.6 Å². The molecule has 1 amide bonds. The maximum atomic E-state index is 14.0. The van der Waals surface area contributed by atoms with Gasteiger partial charge in [0, 0.05) is 9.50 Å². The summed E-state index contributed by atoms with van der Waals surface area (Å²) in [5.74, 6) is -1.26. The maximum Gasteiger partial charge on any atom is 0.248 e. The summed E-state index contributed by atoms with van der Waals surface area (Å²) in [7, 11) is -3.77. The molecular weight excluding hydrogens is 447 g/mol.